The van der Waals surface area contributed by atoms with Gasteiger partial charge in [-0.25, -0.2) is 9.78 Å². The minimum absolute atomic E-state index is 0.342. The van der Waals surface area contributed by atoms with Gasteiger partial charge in [0.15, 0.2) is 10.8 Å². The third kappa shape index (κ3) is 3.47. The van der Waals surface area contributed by atoms with Crippen molar-refractivity contribution < 1.29 is 9.53 Å². The molecule has 0 atom stereocenters. The molecule has 1 saturated carbocycles. The molecule has 0 N–H and O–H groups in total. The summed E-state index contributed by atoms with van der Waals surface area (Å²) in [4.78, 5) is 19.1. The third-order valence-electron chi connectivity index (χ3n) is 3.75. The summed E-state index contributed by atoms with van der Waals surface area (Å²) < 4.78 is 4.75. The van der Waals surface area contributed by atoms with Gasteiger partial charge in [0.25, 0.3) is 0 Å². The fourth-order valence-electron chi connectivity index (χ4n) is 2.67. The molecule has 0 amide bonds. The lowest BCUT2D eigenvalue weighted by atomic mass is 9.89. The monoisotopic (exact) mass is 282 g/mol. The number of anilines is 1. The Kier molecular flexibility index (Phi) is 4.80. The van der Waals surface area contributed by atoms with Crippen LogP contribution in [0.25, 0.3) is 0 Å². The predicted molar refractivity (Wildman–Crippen MR) is 78.0 cm³/mol. The smallest absolute Gasteiger partial charge is 0.357 e. The van der Waals surface area contributed by atoms with Gasteiger partial charge in [-0.05, 0) is 25.7 Å². The number of nitrogens with zero attached hydrogens (tertiary/aromatic N) is 2. The molecule has 0 radical (unpaired) electrons. The van der Waals surface area contributed by atoms with Crippen LogP contribution in [0.2, 0.25) is 0 Å². The first-order chi connectivity index (χ1) is 9.11. The Balaban J connectivity index is 2.02. The predicted octanol–water partition coefficient (Wildman–Crippen LogP) is 3.25. The summed E-state index contributed by atoms with van der Waals surface area (Å²) >= 11 is 1.57. The quantitative estimate of drug-likeness (QED) is 0.795. The molecule has 1 fully saturated rings. The van der Waals surface area contributed by atoms with Crippen molar-refractivity contribution in [1.29, 1.82) is 0 Å². The molecule has 0 aromatic carbocycles. The van der Waals surface area contributed by atoms with E-state index in [1.807, 2.05) is 6.92 Å². The number of rotatable bonds is 4. The van der Waals surface area contributed by atoms with E-state index in [0.717, 1.165) is 22.5 Å². The highest BCUT2D eigenvalue weighted by molar-refractivity contribution is 7.15. The number of methoxy groups -OCH3 is 1. The lowest BCUT2D eigenvalue weighted by Crippen LogP contribution is -2.26. The van der Waals surface area contributed by atoms with Crippen LogP contribution >= 0.6 is 11.3 Å². The topological polar surface area (TPSA) is 42.4 Å². The van der Waals surface area contributed by atoms with Gasteiger partial charge in [-0.1, -0.05) is 19.3 Å². The molecular weight excluding hydrogens is 260 g/mol. The zero-order valence-electron chi connectivity index (χ0n) is 11.9. The summed E-state index contributed by atoms with van der Waals surface area (Å²) in [6.07, 6.45) is 6.71. The molecule has 0 unspecified atom stereocenters. The minimum Gasteiger partial charge on any atom is -0.464 e. The zero-order valence-corrected chi connectivity index (χ0v) is 12.8. The molecule has 2 rings (SSSR count). The molecule has 0 aliphatic heterocycles. The van der Waals surface area contributed by atoms with Crippen molar-refractivity contribution in [3.05, 3.63) is 10.6 Å². The van der Waals surface area contributed by atoms with Crippen LogP contribution in [0.3, 0.4) is 0 Å². The van der Waals surface area contributed by atoms with Crippen molar-refractivity contribution in [3.63, 3.8) is 0 Å². The Morgan fingerprint density at radius 3 is 2.74 bits per heavy atom. The fraction of sp³-hybridized carbons (Fsp3) is 0.714. The maximum Gasteiger partial charge on any atom is 0.357 e. The van der Waals surface area contributed by atoms with Crippen molar-refractivity contribution in [2.45, 2.75) is 39.0 Å². The van der Waals surface area contributed by atoms with E-state index in [0.29, 0.717) is 5.69 Å². The first-order valence-corrected chi connectivity index (χ1v) is 7.70. The normalized spacial score (nSPS) is 16.4. The van der Waals surface area contributed by atoms with Crippen molar-refractivity contribution in [1.82, 2.24) is 4.98 Å². The third-order valence-corrected chi connectivity index (χ3v) is 4.83. The summed E-state index contributed by atoms with van der Waals surface area (Å²) in [6.45, 7) is 2.95. The van der Waals surface area contributed by atoms with Gasteiger partial charge in [0, 0.05) is 18.5 Å². The average molecular weight is 282 g/mol. The largest absolute Gasteiger partial charge is 0.464 e. The zero-order chi connectivity index (χ0) is 13.8. The maximum absolute atomic E-state index is 11.6. The second-order valence-corrected chi connectivity index (χ2v) is 6.46. The standard InChI is InChI=1S/C14H22N2O2S/c1-10-12(13(17)18-3)15-14(19-10)16(2)9-11-7-5-4-6-8-11/h11H,4-9H2,1-3H3. The van der Waals surface area contributed by atoms with E-state index >= 15 is 0 Å². The molecular formula is C14H22N2O2S. The number of thiazole rings is 1. The van der Waals surface area contributed by atoms with Crippen LogP contribution in [0.1, 0.15) is 47.5 Å². The maximum atomic E-state index is 11.6. The van der Waals surface area contributed by atoms with Gasteiger partial charge in [0.05, 0.1) is 7.11 Å². The van der Waals surface area contributed by atoms with Crippen molar-refractivity contribution in [3.8, 4) is 0 Å². The van der Waals surface area contributed by atoms with E-state index in [-0.39, 0.29) is 5.97 Å². The van der Waals surface area contributed by atoms with E-state index in [2.05, 4.69) is 16.9 Å². The van der Waals surface area contributed by atoms with Crippen LogP contribution in [-0.2, 0) is 4.74 Å². The molecule has 0 bridgehead atoms. The van der Waals surface area contributed by atoms with Gasteiger partial charge in [-0.2, -0.15) is 0 Å². The molecule has 1 aliphatic carbocycles. The van der Waals surface area contributed by atoms with Gasteiger partial charge in [-0.15, -0.1) is 11.3 Å². The molecule has 1 aliphatic rings. The average Bonchev–Trinajstić information content (AvgIpc) is 2.81. The van der Waals surface area contributed by atoms with Crippen LogP contribution in [0.5, 0.6) is 0 Å². The highest BCUT2D eigenvalue weighted by Crippen LogP contribution is 2.29. The highest BCUT2D eigenvalue weighted by Gasteiger charge is 2.20. The first-order valence-electron chi connectivity index (χ1n) is 6.88. The van der Waals surface area contributed by atoms with Gasteiger partial charge < -0.3 is 9.64 Å². The van der Waals surface area contributed by atoms with Crippen molar-refractivity contribution >= 4 is 22.4 Å². The summed E-state index contributed by atoms with van der Waals surface area (Å²) in [7, 11) is 3.46. The fourth-order valence-corrected chi connectivity index (χ4v) is 3.53. The number of aromatic nitrogens is 1. The SMILES string of the molecule is COC(=O)c1nc(N(C)CC2CCCCC2)sc1C. The molecule has 4 nitrogen and oxygen atoms in total. The highest BCUT2D eigenvalue weighted by atomic mass is 32.1. The number of aryl methyl sites for hydroxylation is 1. The Hall–Kier alpha value is -1.10. The van der Waals surface area contributed by atoms with Crippen molar-refractivity contribution in [2.75, 3.05) is 25.6 Å². The van der Waals surface area contributed by atoms with Crippen LogP contribution < -0.4 is 4.90 Å². The summed E-state index contributed by atoms with van der Waals surface area (Å²) in [5, 5.41) is 0.920. The Morgan fingerprint density at radius 1 is 1.42 bits per heavy atom. The molecule has 5 heteroatoms. The summed E-state index contributed by atoms with van der Waals surface area (Å²) in [5.74, 6) is 0.426. The van der Waals surface area contributed by atoms with Crippen LogP contribution in [-0.4, -0.2) is 31.7 Å². The van der Waals surface area contributed by atoms with E-state index in [9.17, 15) is 4.79 Å². The number of esters is 1. The van der Waals surface area contributed by atoms with Crippen molar-refractivity contribution in [2.24, 2.45) is 5.92 Å². The molecule has 0 spiro atoms. The van der Waals surface area contributed by atoms with Crippen LogP contribution in [0.15, 0.2) is 0 Å². The van der Waals surface area contributed by atoms with Gasteiger partial charge >= 0.3 is 5.97 Å². The molecule has 1 heterocycles. The van der Waals surface area contributed by atoms with Gasteiger partial charge in [-0.3, -0.25) is 0 Å². The van der Waals surface area contributed by atoms with Crippen LogP contribution in [0.4, 0.5) is 5.13 Å². The Labute approximate surface area is 118 Å². The Bertz CT molecular complexity index is 439. The molecule has 1 aromatic heterocycles. The van der Waals surface area contributed by atoms with E-state index in [1.165, 1.54) is 39.2 Å². The number of carbonyl (C=O) groups is 1. The van der Waals surface area contributed by atoms with E-state index in [4.69, 9.17) is 4.74 Å². The van der Waals surface area contributed by atoms with E-state index < -0.39 is 0 Å². The molecule has 1 aromatic rings. The van der Waals surface area contributed by atoms with Crippen LogP contribution in [0, 0.1) is 12.8 Å². The number of ether oxygens (including phenoxy) is 1. The van der Waals surface area contributed by atoms with Gasteiger partial charge in [0.1, 0.15) is 0 Å². The lowest BCUT2D eigenvalue weighted by molar-refractivity contribution is 0.0594. The van der Waals surface area contributed by atoms with Gasteiger partial charge in [0.2, 0.25) is 0 Å². The Morgan fingerprint density at radius 2 is 2.11 bits per heavy atom. The van der Waals surface area contributed by atoms with E-state index in [1.54, 1.807) is 11.3 Å². The first kappa shape index (κ1) is 14.3. The number of carbonyl (C=O) groups excluding carboxylic acids is 1. The number of hydrogen-bond acceptors (Lipinski definition) is 5. The number of hydrogen-bond donors (Lipinski definition) is 0. The molecule has 106 valence electrons. The summed E-state index contributed by atoms with van der Waals surface area (Å²) in [6, 6.07) is 0. The minimum atomic E-state index is -0.342. The second-order valence-electron chi connectivity index (χ2n) is 5.28. The lowest BCUT2D eigenvalue weighted by Gasteiger charge is -2.26. The molecule has 0 saturated heterocycles. The molecule has 19 heavy (non-hydrogen) atoms. The second kappa shape index (κ2) is 6.37. The summed E-state index contributed by atoms with van der Waals surface area (Å²) in [5.41, 5.74) is 0.456.